The van der Waals surface area contributed by atoms with Gasteiger partial charge in [0, 0.05) is 19.3 Å². The summed E-state index contributed by atoms with van der Waals surface area (Å²) in [5.74, 6) is -1.03. The van der Waals surface area contributed by atoms with Gasteiger partial charge >= 0.3 is 17.9 Å². The number of rotatable bonds is 52. The summed E-state index contributed by atoms with van der Waals surface area (Å²) in [7, 11) is 0. The second-order valence-electron chi connectivity index (χ2n) is 19.1. The molecule has 0 saturated carbocycles. The van der Waals surface area contributed by atoms with Gasteiger partial charge in [-0.05, 0) is 128 Å². The molecule has 0 aromatic carbocycles. The molecule has 6 heteroatoms. The lowest BCUT2D eigenvalue weighted by Gasteiger charge is -2.18. The van der Waals surface area contributed by atoms with E-state index >= 15 is 0 Å². The van der Waals surface area contributed by atoms with Gasteiger partial charge < -0.3 is 14.2 Å². The Morgan fingerprint density at radius 2 is 0.507 bits per heavy atom. The van der Waals surface area contributed by atoms with Crippen molar-refractivity contribution in [3.63, 3.8) is 0 Å². The molecule has 0 aliphatic carbocycles. The quantitative estimate of drug-likeness (QED) is 0.0261. The SMILES string of the molecule is CC/C=C\C/C=C\C/C=C\C/C=C\C/C=C\C/C=C\CCC(=O)OC(COC(=O)CCCCCCCCC/C=C\C/C=C\C/C=C\CC)COC(=O)CCCCCCCCCC/C=C\C/C=C\C/C=C\C/C=C\CC. The normalized spacial score (nSPS) is 13.3. The average molecular weight is 1030 g/mol. The zero-order valence-corrected chi connectivity index (χ0v) is 48.0. The van der Waals surface area contributed by atoms with E-state index in [2.05, 4.69) is 167 Å². The molecule has 0 aromatic rings. The van der Waals surface area contributed by atoms with Crippen LogP contribution in [0.4, 0.5) is 0 Å². The first-order valence-electron chi connectivity index (χ1n) is 30.0. The molecule has 0 amide bonds. The van der Waals surface area contributed by atoms with Crippen molar-refractivity contribution in [3.8, 4) is 0 Å². The Balaban J connectivity index is 4.55. The van der Waals surface area contributed by atoms with E-state index in [1.807, 2.05) is 12.2 Å². The Morgan fingerprint density at radius 1 is 0.267 bits per heavy atom. The van der Waals surface area contributed by atoms with Gasteiger partial charge in [0.05, 0.1) is 0 Å². The molecule has 0 aliphatic heterocycles. The molecule has 420 valence electrons. The van der Waals surface area contributed by atoms with Gasteiger partial charge in [-0.25, -0.2) is 0 Å². The van der Waals surface area contributed by atoms with Crippen molar-refractivity contribution in [2.75, 3.05) is 13.2 Å². The fraction of sp³-hybridized carbons (Fsp3) is 0.580. The van der Waals surface area contributed by atoms with Crippen LogP contribution in [0, 0.1) is 0 Å². The van der Waals surface area contributed by atoms with E-state index in [0.29, 0.717) is 19.3 Å². The van der Waals surface area contributed by atoms with Crippen LogP contribution in [-0.4, -0.2) is 37.2 Å². The second-order valence-corrected chi connectivity index (χ2v) is 19.1. The highest BCUT2D eigenvalue weighted by molar-refractivity contribution is 5.71. The molecule has 75 heavy (non-hydrogen) atoms. The van der Waals surface area contributed by atoms with Crippen LogP contribution in [0.15, 0.2) is 158 Å². The van der Waals surface area contributed by atoms with E-state index in [0.717, 1.165) is 135 Å². The van der Waals surface area contributed by atoms with Crippen LogP contribution in [0.3, 0.4) is 0 Å². The fourth-order valence-corrected chi connectivity index (χ4v) is 7.65. The third-order valence-corrected chi connectivity index (χ3v) is 12.0. The van der Waals surface area contributed by atoms with Crippen LogP contribution in [0.1, 0.15) is 239 Å². The lowest BCUT2D eigenvalue weighted by molar-refractivity contribution is -0.166. The summed E-state index contributed by atoms with van der Waals surface area (Å²) in [6.07, 6.45) is 89.6. The summed E-state index contributed by atoms with van der Waals surface area (Å²) in [6, 6.07) is 0. The van der Waals surface area contributed by atoms with Crippen LogP contribution in [0.2, 0.25) is 0 Å². The molecule has 0 aromatic heterocycles. The molecule has 6 nitrogen and oxygen atoms in total. The average Bonchev–Trinajstić information content (AvgIpc) is 3.41. The lowest BCUT2D eigenvalue weighted by Crippen LogP contribution is -2.30. The van der Waals surface area contributed by atoms with Crippen molar-refractivity contribution >= 4 is 17.9 Å². The van der Waals surface area contributed by atoms with Crippen LogP contribution in [-0.2, 0) is 28.6 Å². The van der Waals surface area contributed by atoms with Crippen molar-refractivity contribution in [1.82, 2.24) is 0 Å². The van der Waals surface area contributed by atoms with E-state index < -0.39 is 12.1 Å². The van der Waals surface area contributed by atoms with Crippen LogP contribution in [0.5, 0.6) is 0 Å². The molecule has 0 radical (unpaired) electrons. The highest BCUT2D eigenvalue weighted by Gasteiger charge is 2.19. The van der Waals surface area contributed by atoms with E-state index in [1.54, 1.807) is 0 Å². The van der Waals surface area contributed by atoms with Gasteiger partial charge in [-0.1, -0.05) is 249 Å². The zero-order chi connectivity index (χ0) is 54.3. The minimum Gasteiger partial charge on any atom is -0.462 e. The third kappa shape index (κ3) is 59.8. The smallest absolute Gasteiger partial charge is 0.306 e. The maximum absolute atomic E-state index is 12.9. The van der Waals surface area contributed by atoms with Crippen LogP contribution < -0.4 is 0 Å². The second kappa shape index (κ2) is 61.6. The minimum atomic E-state index is -0.835. The molecule has 1 atom stereocenters. The molecular weight excluding hydrogens is 925 g/mol. The number of carbonyl (C=O) groups is 3. The van der Waals surface area contributed by atoms with Crippen LogP contribution >= 0.6 is 0 Å². The summed E-state index contributed by atoms with van der Waals surface area (Å²) < 4.78 is 16.8. The van der Waals surface area contributed by atoms with Gasteiger partial charge in [-0.15, -0.1) is 0 Å². The Morgan fingerprint density at radius 3 is 0.800 bits per heavy atom. The minimum absolute atomic E-state index is 0.123. The Labute approximate surface area is 460 Å². The largest absolute Gasteiger partial charge is 0.462 e. The lowest BCUT2D eigenvalue weighted by atomic mass is 10.1. The maximum Gasteiger partial charge on any atom is 0.306 e. The van der Waals surface area contributed by atoms with Gasteiger partial charge in [0.15, 0.2) is 6.10 Å². The maximum atomic E-state index is 12.9. The third-order valence-electron chi connectivity index (χ3n) is 12.0. The Hall–Kier alpha value is -4.97. The first-order chi connectivity index (χ1) is 37.0. The van der Waals surface area contributed by atoms with Gasteiger partial charge in [-0.2, -0.15) is 0 Å². The van der Waals surface area contributed by atoms with E-state index in [4.69, 9.17) is 14.2 Å². The van der Waals surface area contributed by atoms with Crippen molar-refractivity contribution in [3.05, 3.63) is 158 Å². The monoisotopic (exact) mass is 1030 g/mol. The molecule has 0 spiro atoms. The number of ether oxygens (including phenoxy) is 3. The van der Waals surface area contributed by atoms with Gasteiger partial charge in [0.25, 0.3) is 0 Å². The van der Waals surface area contributed by atoms with E-state index in [-0.39, 0.29) is 31.6 Å². The standard InChI is InChI=1S/C69H108O6/c1-4-7-10-13-16-19-22-25-28-31-33-34-36-38-41-44-47-50-53-56-59-62-68(71)74-65-66(64-73-67(70)61-58-55-52-49-46-43-40-37-30-27-24-21-18-15-12-9-6-3)75-69(72)63-60-57-54-51-48-45-42-39-35-32-29-26-23-20-17-14-11-8-5-2/h7-12,16-21,25-30,33-35,39,45,48,54,57,66H,4-6,13-15,22-24,31-32,36-38,40-44,46-47,49-53,55-56,58-65H2,1-3H3/b10-7-,11-8-,12-9-,19-16-,20-17-,21-18-,28-25-,29-26-,30-27-,34-33-,39-35-,48-45-,57-54-. The van der Waals surface area contributed by atoms with Crippen molar-refractivity contribution in [2.24, 2.45) is 0 Å². The van der Waals surface area contributed by atoms with Crippen molar-refractivity contribution < 1.29 is 28.6 Å². The Kier molecular flexibility index (Phi) is 57.5. The summed E-state index contributed by atoms with van der Waals surface area (Å²) in [5, 5.41) is 0. The number of hydrogen-bond acceptors (Lipinski definition) is 6. The van der Waals surface area contributed by atoms with Crippen LogP contribution in [0.25, 0.3) is 0 Å². The molecule has 0 N–H and O–H groups in total. The van der Waals surface area contributed by atoms with Gasteiger partial charge in [-0.3, -0.25) is 14.4 Å². The van der Waals surface area contributed by atoms with Gasteiger partial charge in [0.1, 0.15) is 13.2 Å². The predicted octanol–water partition coefficient (Wildman–Crippen LogP) is 20.5. The number of allylic oxidation sites excluding steroid dienone is 26. The summed E-state index contributed by atoms with van der Waals surface area (Å²) in [4.78, 5) is 38.2. The van der Waals surface area contributed by atoms with E-state index in [1.165, 1.54) is 57.8 Å². The number of carbonyl (C=O) groups excluding carboxylic acids is 3. The molecule has 0 aliphatic rings. The first kappa shape index (κ1) is 70.0. The number of esters is 3. The molecular formula is C69H108O6. The molecule has 0 heterocycles. The highest BCUT2D eigenvalue weighted by atomic mass is 16.6. The van der Waals surface area contributed by atoms with E-state index in [9.17, 15) is 14.4 Å². The molecule has 0 fully saturated rings. The van der Waals surface area contributed by atoms with Crippen molar-refractivity contribution in [1.29, 1.82) is 0 Å². The fourth-order valence-electron chi connectivity index (χ4n) is 7.65. The van der Waals surface area contributed by atoms with Gasteiger partial charge in [0.2, 0.25) is 0 Å². The number of hydrogen-bond donors (Lipinski definition) is 0. The highest BCUT2D eigenvalue weighted by Crippen LogP contribution is 2.14. The molecule has 0 bridgehead atoms. The first-order valence-corrected chi connectivity index (χ1v) is 30.0. The molecule has 0 saturated heterocycles. The molecule has 1 unspecified atom stereocenters. The predicted molar refractivity (Wildman–Crippen MR) is 325 cm³/mol. The zero-order valence-electron chi connectivity index (χ0n) is 48.0. The summed E-state index contributed by atoms with van der Waals surface area (Å²) >= 11 is 0. The van der Waals surface area contributed by atoms with Crippen molar-refractivity contribution in [2.45, 2.75) is 245 Å². The Bertz CT molecular complexity index is 1710. The summed E-state index contributed by atoms with van der Waals surface area (Å²) in [5.41, 5.74) is 0. The molecule has 0 rings (SSSR count). The topological polar surface area (TPSA) is 78.9 Å². The number of unbranched alkanes of at least 4 members (excludes halogenated alkanes) is 15. The summed E-state index contributed by atoms with van der Waals surface area (Å²) in [6.45, 7) is 6.22.